The second-order valence-electron chi connectivity index (χ2n) is 7.41. The van der Waals surface area contributed by atoms with Crippen LogP contribution in [0.1, 0.15) is 27.2 Å². The van der Waals surface area contributed by atoms with Crippen LogP contribution < -0.4 is 10.2 Å². The molecule has 0 bridgehead atoms. The quantitative estimate of drug-likeness (QED) is 0.652. The van der Waals surface area contributed by atoms with Crippen LogP contribution in [0.4, 0.5) is 19.0 Å². The van der Waals surface area contributed by atoms with Crippen LogP contribution in [0.3, 0.4) is 0 Å². The smallest absolute Gasteiger partial charge is 0.378 e. The zero-order valence-corrected chi connectivity index (χ0v) is 17.4. The molecule has 0 saturated carbocycles. The number of aromatic nitrogens is 3. The van der Waals surface area contributed by atoms with Crippen LogP contribution in [0.5, 0.6) is 0 Å². The van der Waals surface area contributed by atoms with Crippen LogP contribution in [0.15, 0.2) is 48.8 Å². The highest BCUT2D eigenvalue weighted by Crippen LogP contribution is 2.30. The number of benzene rings is 1. The topological polar surface area (TPSA) is 72.3 Å². The van der Waals surface area contributed by atoms with Crippen molar-refractivity contribution >= 4 is 11.7 Å². The summed E-state index contributed by atoms with van der Waals surface area (Å²) >= 11 is 0. The summed E-state index contributed by atoms with van der Waals surface area (Å²) in [6.07, 6.45) is -1.39. The highest BCUT2D eigenvalue weighted by Gasteiger charge is 2.30. The molecule has 3 aromatic rings. The maximum absolute atomic E-state index is 13.0. The summed E-state index contributed by atoms with van der Waals surface area (Å²) in [6, 6.07) is 8.63. The lowest BCUT2D eigenvalue weighted by atomic mass is 10.2. The molecule has 0 atom stereocenters. The SMILES string of the molecule is Cc1c(C(=O)NCc2ccc(N3CCOCC3)nc2)cnn1-c1cccc(C(F)(F)F)c1. The maximum Gasteiger partial charge on any atom is 0.416 e. The fourth-order valence-electron chi connectivity index (χ4n) is 3.49. The average Bonchev–Trinajstić information content (AvgIpc) is 3.19. The minimum Gasteiger partial charge on any atom is -0.378 e. The van der Waals surface area contributed by atoms with Crippen molar-refractivity contribution in [2.45, 2.75) is 19.6 Å². The van der Waals surface area contributed by atoms with Crippen molar-refractivity contribution in [2.24, 2.45) is 0 Å². The molecule has 3 heterocycles. The van der Waals surface area contributed by atoms with Crippen molar-refractivity contribution in [2.75, 3.05) is 31.2 Å². The van der Waals surface area contributed by atoms with E-state index in [4.69, 9.17) is 4.74 Å². The molecule has 168 valence electrons. The maximum atomic E-state index is 13.0. The van der Waals surface area contributed by atoms with E-state index in [2.05, 4.69) is 20.3 Å². The van der Waals surface area contributed by atoms with Crippen molar-refractivity contribution in [1.29, 1.82) is 0 Å². The number of hydrogen-bond donors (Lipinski definition) is 1. The van der Waals surface area contributed by atoms with Gasteiger partial charge < -0.3 is 15.0 Å². The number of anilines is 1. The van der Waals surface area contributed by atoms with E-state index in [9.17, 15) is 18.0 Å². The van der Waals surface area contributed by atoms with Gasteiger partial charge in [-0.1, -0.05) is 12.1 Å². The third-order valence-electron chi connectivity index (χ3n) is 5.27. The molecule has 1 aromatic carbocycles. The van der Waals surface area contributed by atoms with Crippen LogP contribution in [0, 0.1) is 6.92 Å². The number of carbonyl (C=O) groups excluding carboxylic acids is 1. The molecule has 4 rings (SSSR count). The number of alkyl halides is 3. The summed E-state index contributed by atoms with van der Waals surface area (Å²) in [4.78, 5) is 19.2. The first-order chi connectivity index (χ1) is 15.3. The van der Waals surface area contributed by atoms with Crippen LogP contribution >= 0.6 is 0 Å². The Morgan fingerprint density at radius 2 is 1.94 bits per heavy atom. The molecule has 1 aliphatic rings. The van der Waals surface area contributed by atoms with E-state index in [1.807, 2.05) is 12.1 Å². The normalized spacial score (nSPS) is 14.4. The molecule has 0 radical (unpaired) electrons. The Labute approximate surface area is 182 Å². The molecule has 1 aliphatic heterocycles. The molecule has 1 saturated heterocycles. The Morgan fingerprint density at radius 1 is 1.16 bits per heavy atom. The fraction of sp³-hybridized carbons (Fsp3) is 0.318. The van der Waals surface area contributed by atoms with E-state index in [1.54, 1.807) is 13.1 Å². The minimum atomic E-state index is -4.46. The Bertz CT molecular complexity index is 1090. The van der Waals surface area contributed by atoms with Gasteiger partial charge in [-0.2, -0.15) is 18.3 Å². The molecular formula is C22H22F3N5O2. The Kier molecular flexibility index (Phi) is 6.13. The third-order valence-corrected chi connectivity index (χ3v) is 5.27. The van der Waals surface area contributed by atoms with Crippen molar-refractivity contribution in [1.82, 2.24) is 20.1 Å². The van der Waals surface area contributed by atoms with Gasteiger partial charge in [0.1, 0.15) is 5.82 Å². The van der Waals surface area contributed by atoms with Crippen molar-refractivity contribution in [3.05, 3.63) is 71.2 Å². The molecule has 0 spiro atoms. The second kappa shape index (κ2) is 8.99. The summed E-state index contributed by atoms with van der Waals surface area (Å²) < 4.78 is 45.7. The molecule has 1 fully saturated rings. The Hall–Kier alpha value is -3.40. The first-order valence-corrected chi connectivity index (χ1v) is 10.1. The lowest BCUT2D eigenvalue weighted by Gasteiger charge is -2.27. The predicted octanol–water partition coefficient (Wildman–Crippen LogP) is 3.36. The number of rotatable bonds is 5. The summed E-state index contributed by atoms with van der Waals surface area (Å²) in [5, 5.41) is 6.92. The number of nitrogens with zero attached hydrogens (tertiary/aromatic N) is 4. The number of hydrogen-bond acceptors (Lipinski definition) is 5. The zero-order chi connectivity index (χ0) is 22.7. The summed E-state index contributed by atoms with van der Waals surface area (Å²) in [5.41, 5.74) is 1.03. The Balaban J connectivity index is 1.42. The van der Waals surface area contributed by atoms with Gasteiger partial charge in [0, 0.05) is 25.8 Å². The van der Waals surface area contributed by atoms with Crippen molar-refractivity contribution < 1.29 is 22.7 Å². The van der Waals surface area contributed by atoms with Crippen LogP contribution in [-0.4, -0.2) is 47.0 Å². The molecule has 1 N–H and O–H groups in total. The van der Waals surface area contributed by atoms with Crippen LogP contribution in [-0.2, 0) is 17.5 Å². The summed E-state index contributed by atoms with van der Waals surface area (Å²) in [7, 11) is 0. The number of ether oxygens (including phenoxy) is 1. The van der Waals surface area contributed by atoms with Gasteiger partial charge in [0.2, 0.25) is 0 Å². The van der Waals surface area contributed by atoms with Gasteiger partial charge in [-0.3, -0.25) is 4.79 Å². The van der Waals surface area contributed by atoms with E-state index < -0.39 is 11.7 Å². The minimum absolute atomic E-state index is 0.235. The number of carbonyl (C=O) groups is 1. The highest BCUT2D eigenvalue weighted by molar-refractivity contribution is 5.95. The molecule has 10 heteroatoms. The van der Waals surface area contributed by atoms with E-state index >= 15 is 0 Å². The first-order valence-electron chi connectivity index (χ1n) is 10.1. The molecular weight excluding hydrogens is 423 g/mol. The molecule has 7 nitrogen and oxygen atoms in total. The van der Waals surface area contributed by atoms with E-state index in [-0.39, 0.29) is 18.1 Å². The zero-order valence-electron chi connectivity index (χ0n) is 17.4. The molecule has 2 aromatic heterocycles. The summed E-state index contributed by atoms with van der Waals surface area (Å²) in [6.45, 7) is 4.83. The van der Waals surface area contributed by atoms with Crippen LogP contribution in [0.25, 0.3) is 5.69 Å². The largest absolute Gasteiger partial charge is 0.416 e. The van der Waals surface area contributed by atoms with Gasteiger partial charge in [0.15, 0.2) is 0 Å². The average molecular weight is 445 g/mol. The van der Waals surface area contributed by atoms with E-state index in [0.717, 1.165) is 36.6 Å². The number of pyridine rings is 1. The molecule has 0 aliphatic carbocycles. The highest BCUT2D eigenvalue weighted by atomic mass is 19.4. The predicted molar refractivity (Wildman–Crippen MR) is 112 cm³/mol. The number of nitrogens with one attached hydrogen (secondary N) is 1. The third kappa shape index (κ3) is 4.75. The first kappa shape index (κ1) is 21.8. The Morgan fingerprint density at radius 3 is 2.62 bits per heavy atom. The lowest BCUT2D eigenvalue weighted by molar-refractivity contribution is -0.137. The van der Waals surface area contributed by atoms with Gasteiger partial charge in [0.25, 0.3) is 5.91 Å². The van der Waals surface area contributed by atoms with Gasteiger partial charge in [-0.15, -0.1) is 0 Å². The number of morpholine rings is 1. The van der Waals surface area contributed by atoms with Crippen molar-refractivity contribution in [3.63, 3.8) is 0 Å². The molecule has 32 heavy (non-hydrogen) atoms. The van der Waals surface area contributed by atoms with E-state index in [0.29, 0.717) is 24.5 Å². The monoisotopic (exact) mass is 445 g/mol. The van der Waals surface area contributed by atoms with Gasteiger partial charge in [-0.05, 0) is 36.8 Å². The molecule has 0 unspecified atom stereocenters. The summed E-state index contributed by atoms with van der Waals surface area (Å²) in [5.74, 6) is 0.500. The van der Waals surface area contributed by atoms with Gasteiger partial charge in [-0.25, -0.2) is 9.67 Å². The lowest BCUT2D eigenvalue weighted by Crippen LogP contribution is -2.36. The molecule has 1 amide bonds. The van der Waals surface area contributed by atoms with Crippen molar-refractivity contribution in [3.8, 4) is 5.69 Å². The number of halogens is 3. The van der Waals surface area contributed by atoms with Gasteiger partial charge >= 0.3 is 6.18 Å². The van der Waals surface area contributed by atoms with Crippen LogP contribution in [0.2, 0.25) is 0 Å². The standard InChI is InChI=1S/C22H22F3N5O2/c1-15-19(14-28-30(15)18-4-2-3-17(11-18)22(23,24)25)21(31)27-13-16-5-6-20(26-12-16)29-7-9-32-10-8-29/h2-6,11-12,14H,7-10,13H2,1H3,(H,27,31). The van der Waals surface area contributed by atoms with Gasteiger partial charge in [0.05, 0.1) is 41.9 Å². The number of amides is 1. The second-order valence-corrected chi connectivity index (χ2v) is 7.41. The fourth-order valence-corrected chi connectivity index (χ4v) is 3.49. The van der Waals surface area contributed by atoms with E-state index in [1.165, 1.54) is 23.0 Å².